The van der Waals surface area contributed by atoms with Gasteiger partial charge in [-0.05, 0) is 49.2 Å². The maximum absolute atomic E-state index is 12.9. The average molecular weight is 351 g/mol. The second-order valence-electron chi connectivity index (χ2n) is 6.12. The van der Waals surface area contributed by atoms with Crippen LogP contribution in [0.4, 0.5) is 5.69 Å². The molecule has 0 unspecified atom stereocenters. The summed E-state index contributed by atoms with van der Waals surface area (Å²) in [6.07, 6.45) is 0.891. The minimum absolute atomic E-state index is 0.185. The standard InChI is InChI=1S/C20H21N3O3/c1-4-13-7-6-8-15(11-13)22(3)19(25)14-9-10-17-16(12-14)21-18(24)20(26)23(17)5-2/h6-12H,4-5H2,1-3H3,(H,21,24). The third kappa shape index (κ3) is 3.06. The molecule has 1 heterocycles. The van der Waals surface area contributed by atoms with Crippen molar-refractivity contribution in [3.05, 3.63) is 74.3 Å². The molecule has 0 fully saturated rings. The first-order valence-corrected chi connectivity index (χ1v) is 8.60. The fraction of sp³-hybridized carbons (Fsp3) is 0.250. The normalized spacial score (nSPS) is 10.9. The zero-order valence-corrected chi connectivity index (χ0v) is 15.1. The van der Waals surface area contributed by atoms with Gasteiger partial charge in [0.15, 0.2) is 0 Å². The first-order chi connectivity index (χ1) is 12.5. The molecule has 1 aromatic heterocycles. The molecule has 0 aliphatic carbocycles. The van der Waals surface area contributed by atoms with Gasteiger partial charge in [0.1, 0.15) is 0 Å². The number of aromatic amines is 1. The predicted molar refractivity (Wildman–Crippen MR) is 103 cm³/mol. The number of aromatic nitrogens is 2. The summed E-state index contributed by atoms with van der Waals surface area (Å²) in [5.74, 6) is -0.185. The lowest BCUT2D eigenvalue weighted by Crippen LogP contribution is -2.36. The SMILES string of the molecule is CCc1cccc(N(C)C(=O)c2ccc3c(c2)[nH]c(=O)c(=O)n3CC)c1. The van der Waals surface area contributed by atoms with Gasteiger partial charge in [-0.2, -0.15) is 0 Å². The highest BCUT2D eigenvalue weighted by atomic mass is 16.2. The molecule has 2 aromatic carbocycles. The molecule has 26 heavy (non-hydrogen) atoms. The van der Waals surface area contributed by atoms with E-state index in [0.717, 1.165) is 17.7 Å². The molecule has 6 nitrogen and oxygen atoms in total. The Hall–Kier alpha value is -3.15. The van der Waals surface area contributed by atoms with Gasteiger partial charge in [-0.1, -0.05) is 19.1 Å². The molecule has 1 amide bonds. The average Bonchev–Trinajstić information content (AvgIpc) is 2.67. The van der Waals surface area contributed by atoms with Crippen LogP contribution in [0.1, 0.15) is 29.8 Å². The van der Waals surface area contributed by atoms with Gasteiger partial charge in [-0.25, -0.2) is 0 Å². The van der Waals surface area contributed by atoms with Crippen molar-refractivity contribution in [3.63, 3.8) is 0 Å². The number of nitrogens with zero attached hydrogens (tertiary/aromatic N) is 2. The van der Waals surface area contributed by atoms with E-state index in [9.17, 15) is 14.4 Å². The van der Waals surface area contributed by atoms with Crippen LogP contribution in [0, 0.1) is 0 Å². The summed E-state index contributed by atoms with van der Waals surface area (Å²) in [4.78, 5) is 40.8. The number of hydrogen-bond acceptors (Lipinski definition) is 3. The zero-order valence-electron chi connectivity index (χ0n) is 15.1. The Morgan fingerprint density at radius 3 is 2.58 bits per heavy atom. The molecule has 1 N–H and O–H groups in total. The number of benzene rings is 2. The van der Waals surface area contributed by atoms with Crippen molar-refractivity contribution in [1.29, 1.82) is 0 Å². The molecular weight excluding hydrogens is 330 g/mol. The van der Waals surface area contributed by atoms with Gasteiger partial charge >= 0.3 is 11.1 Å². The lowest BCUT2D eigenvalue weighted by molar-refractivity contribution is 0.0993. The molecule has 0 radical (unpaired) electrons. The predicted octanol–water partition coefficient (Wildman–Crippen LogP) is 2.55. The van der Waals surface area contributed by atoms with Gasteiger partial charge in [-0.3, -0.25) is 14.4 Å². The number of fused-ring (bicyclic) bond motifs is 1. The number of carbonyl (C=O) groups excluding carboxylic acids is 1. The van der Waals surface area contributed by atoms with E-state index in [-0.39, 0.29) is 5.91 Å². The summed E-state index contributed by atoms with van der Waals surface area (Å²) in [5.41, 5.74) is 2.19. The largest absolute Gasteiger partial charge is 0.316 e. The molecule has 0 saturated heterocycles. The quantitative estimate of drug-likeness (QED) is 0.734. The molecule has 6 heteroatoms. The van der Waals surface area contributed by atoms with Crippen molar-refractivity contribution in [3.8, 4) is 0 Å². The van der Waals surface area contributed by atoms with E-state index in [0.29, 0.717) is 23.1 Å². The minimum atomic E-state index is -0.687. The van der Waals surface area contributed by atoms with Gasteiger partial charge in [0, 0.05) is 24.8 Å². The number of anilines is 1. The van der Waals surface area contributed by atoms with Crippen molar-refractivity contribution in [2.45, 2.75) is 26.8 Å². The van der Waals surface area contributed by atoms with Crippen LogP contribution in [0.25, 0.3) is 11.0 Å². The Morgan fingerprint density at radius 2 is 1.88 bits per heavy atom. The van der Waals surface area contributed by atoms with Crippen molar-refractivity contribution in [1.82, 2.24) is 9.55 Å². The summed E-state index contributed by atoms with van der Waals surface area (Å²) in [6.45, 7) is 4.25. The van der Waals surface area contributed by atoms with E-state index in [2.05, 4.69) is 11.9 Å². The summed E-state index contributed by atoms with van der Waals surface area (Å²) >= 11 is 0. The molecule has 0 aliphatic heterocycles. The summed E-state index contributed by atoms with van der Waals surface area (Å²) in [7, 11) is 1.72. The molecule has 3 aromatic rings. The Kier molecular flexibility index (Phi) is 4.75. The van der Waals surface area contributed by atoms with Crippen LogP contribution in [0.15, 0.2) is 52.1 Å². The third-order valence-corrected chi connectivity index (χ3v) is 4.55. The molecule has 0 aliphatic rings. The van der Waals surface area contributed by atoms with Crippen LogP contribution in [0.3, 0.4) is 0 Å². The Labute approximate surface area is 150 Å². The molecule has 0 spiro atoms. The summed E-state index contributed by atoms with van der Waals surface area (Å²) in [5, 5.41) is 0. The van der Waals surface area contributed by atoms with Crippen LogP contribution in [-0.2, 0) is 13.0 Å². The Balaban J connectivity index is 2.04. The summed E-state index contributed by atoms with van der Waals surface area (Å²) in [6, 6.07) is 12.8. The maximum atomic E-state index is 12.9. The fourth-order valence-electron chi connectivity index (χ4n) is 3.02. The van der Waals surface area contributed by atoms with E-state index in [4.69, 9.17) is 0 Å². The lowest BCUT2D eigenvalue weighted by atomic mass is 10.1. The van der Waals surface area contributed by atoms with Crippen LogP contribution in [0.2, 0.25) is 0 Å². The first kappa shape index (κ1) is 17.7. The second kappa shape index (κ2) is 7.00. The summed E-state index contributed by atoms with van der Waals surface area (Å²) < 4.78 is 1.40. The van der Waals surface area contributed by atoms with Gasteiger partial charge < -0.3 is 14.5 Å². The van der Waals surface area contributed by atoms with E-state index in [1.165, 1.54) is 4.57 Å². The third-order valence-electron chi connectivity index (χ3n) is 4.55. The highest BCUT2D eigenvalue weighted by Crippen LogP contribution is 2.19. The van der Waals surface area contributed by atoms with Crippen LogP contribution < -0.4 is 16.0 Å². The molecule has 0 saturated carbocycles. The number of aryl methyl sites for hydroxylation is 2. The molecule has 134 valence electrons. The highest BCUT2D eigenvalue weighted by Gasteiger charge is 2.15. The Morgan fingerprint density at radius 1 is 1.12 bits per heavy atom. The van der Waals surface area contributed by atoms with Crippen molar-refractivity contribution in [2.75, 3.05) is 11.9 Å². The molecule has 0 bridgehead atoms. The smallest absolute Gasteiger partial charge is 0.316 e. The fourth-order valence-corrected chi connectivity index (χ4v) is 3.02. The van der Waals surface area contributed by atoms with Crippen LogP contribution in [-0.4, -0.2) is 22.5 Å². The van der Waals surface area contributed by atoms with E-state index in [1.54, 1.807) is 37.1 Å². The lowest BCUT2D eigenvalue weighted by Gasteiger charge is -2.18. The zero-order chi connectivity index (χ0) is 18.8. The maximum Gasteiger partial charge on any atom is 0.316 e. The van der Waals surface area contributed by atoms with Crippen molar-refractivity contribution < 1.29 is 4.79 Å². The number of H-pyrrole nitrogens is 1. The van der Waals surface area contributed by atoms with Crippen molar-refractivity contribution >= 4 is 22.6 Å². The van der Waals surface area contributed by atoms with Gasteiger partial charge in [-0.15, -0.1) is 0 Å². The number of carbonyl (C=O) groups is 1. The van der Waals surface area contributed by atoms with Gasteiger partial charge in [0.2, 0.25) is 0 Å². The number of nitrogens with one attached hydrogen (secondary N) is 1. The number of amides is 1. The van der Waals surface area contributed by atoms with Gasteiger partial charge in [0.05, 0.1) is 11.0 Å². The monoisotopic (exact) mass is 351 g/mol. The number of hydrogen-bond donors (Lipinski definition) is 1. The van der Waals surface area contributed by atoms with E-state index < -0.39 is 11.1 Å². The van der Waals surface area contributed by atoms with Crippen LogP contribution in [0.5, 0.6) is 0 Å². The number of rotatable bonds is 4. The van der Waals surface area contributed by atoms with E-state index in [1.807, 2.05) is 24.3 Å². The van der Waals surface area contributed by atoms with E-state index >= 15 is 0 Å². The highest BCUT2D eigenvalue weighted by molar-refractivity contribution is 6.07. The van der Waals surface area contributed by atoms with Crippen molar-refractivity contribution in [2.24, 2.45) is 0 Å². The molecule has 3 rings (SSSR count). The molecule has 0 atom stereocenters. The minimum Gasteiger partial charge on any atom is -0.316 e. The Bertz CT molecular complexity index is 1100. The first-order valence-electron chi connectivity index (χ1n) is 8.60. The molecular formula is C20H21N3O3. The van der Waals surface area contributed by atoms with Crippen LogP contribution >= 0.6 is 0 Å². The second-order valence-corrected chi connectivity index (χ2v) is 6.12. The van der Waals surface area contributed by atoms with Gasteiger partial charge in [0.25, 0.3) is 5.91 Å². The topological polar surface area (TPSA) is 75.2 Å².